The van der Waals surface area contributed by atoms with Crippen LogP contribution < -0.4 is 0 Å². The van der Waals surface area contributed by atoms with Crippen molar-refractivity contribution < 1.29 is 82.1 Å². The Kier molecular flexibility index (Phi) is 30.6. The van der Waals surface area contributed by atoms with Crippen molar-refractivity contribution in [1.29, 1.82) is 0 Å². The average molecular weight is 2050 g/mol. The Hall–Kier alpha value is -5.17. The minimum absolute atomic E-state index is 0.00278. The van der Waals surface area contributed by atoms with Gasteiger partial charge in [0, 0.05) is 66.4 Å². The first-order valence-electron chi connectivity index (χ1n) is 60.8. The van der Waals surface area contributed by atoms with Crippen LogP contribution in [0, 0.1) is 196 Å². The van der Waals surface area contributed by atoms with Crippen molar-refractivity contribution in [3.05, 3.63) is 70.8 Å². The van der Waals surface area contributed by atoms with Crippen LogP contribution in [-0.2, 0) is 62.0 Å². The number of aliphatic hydroxyl groups is 3. The number of esters is 6. The van der Waals surface area contributed by atoms with Gasteiger partial charge in [0.25, 0.3) is 0 Å². The Morgan fingerprint density at radius 3 is 1.91 bits per heavy atom. The lowest BCUT2D eigenvalue weighted by Gasteiger charge is -2.62. The van der Waals surface area contributed by atoms with Crippen LogP contribution in [0.3, 0.4) is 0 Å². The molecule has 147 heavy (non-hydrogen) atoms. The molecule has 18 heteroatoms. The first-order valence-corrected chi connectivity index (χ1v) is 61.7. The fourth-order valence-electron chi connectivity index (χ4n) is 43.3. The molecule has 20 fully saturated rings. The molecule has 17 saturated carbocycles. The fourth-order valence-corrected chi connectivity index (χ4v) is 44.6. The van der Waals surface area contributed by atoms with Gasteiger partial charge in [-0.05, 0) is 456 Å². The van der Waals surface area contributed by atoms with Crippen molar-refractivity contribution in [3.8, 4) is 0 Å². The number of thioether (sulfide) groups is 1. The number of rotatable bonds is 12. The molecule has 17 nitrogen and oxygen atoms in total. The summed E-state index contributed by atoms with van der Waals surface area (Å²) in [5.41, 5.74) is 6.91. The number of methoxy groups -OCH3 is 1. The molecule has 3 N–H and O–H groups in total. The molecule has 1 aromatic rings. The summed E-state index contributed by atoms with van der Waals surface area (Å²) in [6, 6.07) is 9.40. The van der Waals surface area contributed by atoms with Crippen molar-refractivity contribution in [2.45, 2.75) is 472 Å². The van der Waals surface area contributed by atoms with Gasteiger partial charge < -0.3 is 43.7 Å². The lowest BCUT2D eigenvalue weighted by Crippen LogP contribution is -2.60. The molecule has 0 aromatic heterocycles. The molecule has 3 aliphatic heterocycles. The fraction of sp³-hybridized carbons (Fsp3) is 0.845. The second kappa shape index (κ2) is 41.4. The summed E-state index contributed by atoms with van der Waals surface area (Å²) < 4.78 is 35.3. The van der Waals surface area contributed by atoms with Crippen LogP contribution in [0.25, 0.3) is 0 Å². The van der Waals surface area contributed by atoms with Crippen LogP contribution in [-0.4, -0.2) is 123 Å². The molecule has 0 bridgehead atoms. The predicted molar refractivity (Wildman–Crippen MR) is 575 cm³/mol. The molecule has 0 radical (unpaired) electrons. The first-order chi connectivity index (χ1) is 69.8. The molecule has 3 spiro atoms. The number of allylic oxidation sites excluding steroid dienone is 3. The van der Waals surface area contributed by atoms with Crippen molar-refractivity contribution in [2.24, 2.45) is 196 Å². The van der Waals surface area contributed by atoms with Gasteiger partial charge in [-0.3, -0.25) is 33.6 Å². The smallest absolute Gasteiger partial charge is 0.338 e. The second-order valence-electron chi connectivity index (χ2n) is 57.3. The third kappa shape index (κ3) is 18.8. The van der Waals surface area contributed by atoms with Crippen molar-refractivity contribution >= 4 is 58.5 Å². The number of benzene rings is 1. The van der Waals surface area contributed by atoms with E-state index in [1.165, 1.54) is 179 Å². The third-order valence-electron chi connectivity index (χ3n) is 51.0. The molecule has 816 valence electrons. The number of ketones is 1. The number of fused-ring (bicyclic) bond motifs is 26. The molecule has 1 aromatic carbocycles. The number of carbonyl (C=O) groups is 8. The largest absolute Gasteiger partial charge is 0.469 e. The van der Waals surface area contributed by atoms with Crippen molar-refractivity contribution in [3.63, 3.8) is 0 Å². The van der Waals surface area contributed by atoms with Gasteiger partial charge in [0.15, 0.2) is 10.9 Å². The molecule has 3 heterocycles. The van der Waals surface area contributed by atoms with Gasteiger partial charge in [-0.25, -0.2) is 4.79 Å². The Morgan fingerprint density at radius 2 is 1.17 bits per heavy atom. The summed E-state index contributed by atoms with van der Waals surface area (Å²) in [5.74, 6) is 15.6. The molecule has 24 rings (SSSR count). The molecular formula is C129H192O17S. The highest BCUT2D eigenvalue weighted by Gasteiger charge is 2.74. The number of aliphatic hydroxyl groups excluding tert-OH is 3. The Bertz CT molecular complexity index is 5130. The maximum absolute atomic E-state index is 12.8. The highest BCUT2D eigenvalue weighted by molar-refractivity contribution is 8.14. The van der Waals surface area contributed by atoms with Crippen LogP contribution in [0.2, 0.25) is 0 Å². The van der Waals surface area contributed by atoms with Crippen LogP contribution in [0.4, 0.5) is 0 Å². The third-order valence-corrected chi connectivity index (χ3v) is 52.2. The van der Waals surface area contributed by atoms with E-state index in [2.05, 4.69) is 109 Å². The SMILES string of the molecule is CC(=O)O[C@H]1CC2C(CC[C@@H]3C[C@H](OC(=O)c4ccccc4)CC[C@]23C)C2CC[C@H]([C@H](C)CCCC(C)C)[C@]21C.CC(=O)S[C@@H]1CC2=CC(=O)CC[C@]2(C)C2CC[C@@]3(C)C(CC[C@@]34CCC(=O)O4)C21.COC(=O)CC[C@@H]1CC2C3CCC4=C[C@@H](O)CC[C@]4(C)C3CC[C@]2(C)C1.C[C@@H]1CCC(=O)O[C@@]12CCC1C3CC[C@H]4C[C@@H](O)CC[C@]4(C)C3CC[C@@]12C.C[C@H]1C(=O)OC[C@]23CCC4C(CC=C5C[C@@H](O)CC[C@@]54C)C2CC[C@H]13. The van der Waals surface area contributed by atoms with E-state index >= 15 is 0 Å². The summed E-state index contributed by atoms with van der Waals surface area (Å²) in [5, 5.41) is 30.9. The monoisotopic (exact) mass is 2050 g/mol. The lowest BCUT2D eigenvalue weighted by atomic mass is 9.43. The lowest BCUT2D eigenvalue weighted by molar-refractivity contribution is -0.213. The Morgan fingerprint density at radius 1 is 0.517 bits per heavy atom. The van der Waals surface area contributed by atoms with Gasteiger partial charge in [-0.2, -0.15) is 0 Å². The van der Waals surface area contributed by atoms with Gasteiger partial charge in [-0.15, -0.1) is 0 Å². The summed E-state index contributed by atoms with van der Waals surface area (Å²) in [6.07, 6.45) is 60.3. The number of ether oxygens (including phenoxy) is 6. The van der Waals surface area contributed by atoms with Gasteiger partial charge in [0.05, 0.1) is 43.5 Å². The van der Waals surface area contributed by atoms with Gasteiger partial charge >= 0.3 is 35.8 Å². The van der Waals surface area contributed by atoms with Crippen LogP contribution in [0.1, 0.15) is 436 Å². The summed E-state index contributed by atoms with van der Waals surface area (Å²) >= 11 is 1.50. The van der Waals surface area contributed by atoms with Crippen LogP contribution in [0.5, 0.6) is 0 Å². The summed E-state index contributed by atoms with van der Waals surface area (Å²) in [7, 11) is 1.50. The topological polar surface area (TPSA) is 253 Å². The van der Waals surface area contributed by atoms with Gasteiger partial charge in [-0.1, -0.05) is 175 Å². The van der Waals surface area contributed by atoms with E-state index in [0.717, 1.165) is 188 Å². The Labute approximate surface area is 888 Å². The van der Waals surface area contributed by atoms with E-state index < -0.39 is 0 Å². The summed E-state index contributed by atoms with van der Waals surface area (Å²) in [4.78, 5) is 97.7. The second-order valence-corrected chi connectivity index (χ2v) is 58.7. The van der Waals surface area contributed by atoms with E-state index in [1.807, 2.05) is 36.4 Å². The van der Waals surface area contributed by atoms with E-state index in [1.54, 1.807) is 25.0 Å². The van der Waals surface area contributed by atoms with E-state index in [4.69, 9.17) is 28.4 Å². The standard InChI is InChI=1S/C36H54O4.C24H32O4S.C24H38O3.C23H36O3.C22H32O3/c1-23(2)11-10-12-24(3)30-17-18-31-29-16-15-27-21-28(40-34(38)26-13-8-7-9-14-26)19-20-35(27,5)32(29)22-33(36(30,31)6)39-25(4)37;1-14(25)29-19-13-15-12-16(26)4-8-22(15,2)17-5-9-23(3)18(21(17)19)6-10-24(23)11-7-20(27)28-24;1-15-4-7-21(26)27-24(15)13-10-20-18-6-5-16-14-17(25)8-11-22(16,2)19(18)9-12-23(20,24)3;1-22-10-9-19-18(6-5-16-13-17(24)8-11-23(16,19)2)20(22)12-15(14-22)4-7-21(25)26-3;1-13-17-5-6-19-16-4-3-14-11-15(23)7-9-21(14,2)18(16)8-10-22(17,19)12-25-20(13)24/h7-9,13-14,23-24,27-33H,10-12,15-22H2,1-6H3;12,17-19,21H,4-11,13H2,1-3H3;15-20,25H,4-14H2,1-3H3;13,15,17-20,24H,4-12,14H2,1-3H3;3,13,15-19,23H,4-12H2,1-2H3/t24-,27-,28-,29?,30-,31?,32?,33+,35+,36-;17?,18?,19-,21?,22+,23+,24-;15-,16+,17+,18?,19?,20?,22+,23+,24+;15-,17+,18?,19?,20?,22-,23+;13-,15+,16?,17-,18?,19?,21+,22+/m11111/s1. The average Bonchev–Trinajstić information content (AvgIpc) is 1.55. The van der Waals surface area contributed by atoms with Crippen molar-refractivity contribution in [2.75, 3.05) is 13.7 Å². The zero-order chi connectivity index (χ0) is 104. The highest BCUT2D eigenvalue weighted by atomic mass is 32.2. The Balaban J connectivity index is 0.000000113. The number of hydrogen-bond acceptors (Lipinski definition) is 18. The normalized spacial score (nSPS) is 48.6. The molecule has 41 atom stereocenters. The number of carbonyl (C=O) groups excluding carboxylic acids is 8. The van der Waals surface area contributed by atoms with E-state index in [0.29, 0.717) is 142 Å². The molecule has 20 aliphatic carbocycles. The maximum atomic E-state index is 12.8. The van der Waals surface area contributed by atoms with Crippen molar-refractivity contribution in [1.82, 2.24) is 0 Å². The number of hydrogen-bond donors (Lipinski definition) is 3. The molecule has 0 amide bonds. The highest BCUT2D eigenvalue weighted by Crippen LogP contribution is 2.77. The van der Waals surface area contributed by atoms with E-state index in [-0.39, 0.29) is 132 Å². The molecular weight excluding hydrogens is 1850 g/mol. The maximum Gasteiger partial charge on any atom is 0.338 e. The van der Waals surface area contributed by atoms with E-state index in [9.17, 15) is 53.7 Å². The van der Waals surface area contributed by atoms with Gasteiger partial charge in [0.1, 0.15) is 23.4 Å². The minimum atomic E-state index is -0.287. The zero-order valence-corrected chi connectivity index (χ0v) is 94.6. The van der Waals surface area contributed by atoms with Crippen LogP contribution in [0.15, 0.2) is 65.3 Å². The zero-order valence-electron chi connectivity index (χ0n) is 93.8. The van der Waals surface area contributed by atoms with Crippen LogP contribution >= 0.6 is 11.8 Å². The number of cyclic esters (lactones) is 1. The first kappa shape index (κ1) is 109. The predicted octanol–water partition coefficient (Wildman–Crippen LogP) is 27.8. The quantitative estimate of drug-likeness (QED) is 0.0999. The van der Waals surface area contributed by atoms with Gasteiger partial charge in [0.2, 0.25) is 0 Å². The molecule has 15 unspecified atom stereocenters. The molecule has 23 aliphatic rings. The molecule has 3 saturated heterocycles. The minimum Gasteiger partial charge on any atom is -0.469 e. The summed E-state index contributed by atoms with van der Waals surface area (Å²) in [6.45, 7) is 37.9.